The van der Waals surface area contributed by atoms with Crippen LogP contribution in [0.2, 0.25) is 5.02 Å². The summed E-state index contributed by atoms with van der Waals surface area (Å²) in [5.74, 6) is 2.15. The Bertz CT molecular complexity index is 1080. The molecule has 7 nitrogen and oxygen atoms in total. The fourth-order valence-corrected chi connectivity index (χ4v) is 3.46. The summed E-state index contributed by atoms with van der Waals surface area (Å²) in [7, 11) is 1.74. The maximum Gasteiger partial charge on any atom is 0.253 e. The monoisotopic (exact) mass is 413 g/mol. The highest BCUT2D eigenvalue weighted by Crippen LogP contribution is 2.24. The standard InChI is InChI=1S/C19H16ClN5O2S/c1-24(11-15-7-8-16(27-15)13-3-5-14(20)6-4-13)17(26)12-28-19-22-18-21-9-2-10-25(18)23-19/h2-10H,11-12H2,1H3. The van der Waals surface area contributed by atoms with Gasteiger partial charge in [0.15, 0.2) is 0 Å². The molecule has 4 aromatic rings. The first kappa shape index (κ1) is 18.5. The fourth-order valence-electron chi connectivity index (χ4n) is 2.57. The van der Waals surface area contributed by atoms with Crippen molar-refractivity contribution in [1.29, 1.82) is 0 Å². The topological polar surface area (TPSA) is 76.5 Å². The molecule has 142 valence electrons. The number of aromatic nitrogens is 4. The van der Waals surface area contributed by atoms with Crippen LogP contribution in [0.3, 0.4) is 0 Å². The minimum atomic E-state index is -0.0405. The van der Waals surface area contributed by atoms with Crippen LogP contribution in [-0.2, 0) is 11.3 Å². The van der Waals surface area contributed by atoms with E-state index in [1.807, 2.05) is 36.4 Å². The van der Waals surface area contributed by atoms with Gasteiger partial charge in [0.2, 0.25) is 11.1 Å². The third-order valence-corrected chi connectivity index (χ3v) is 5.11. The van der Waals surface area contributed by atoms with Gasteiger partial charge in [-0.3, -0.25) is 4.79 Å². The highest BCUT2D eigenvalue weighted by molar-refractivity contribution is 7.99. The number of hydrogen-bond acceptors (Lipinski definition) is 6. The van der Waals surface area contributed by atoms with Gasteiger partial charge < -0.3 is 9.32 Å². The van der Waals surface area contributed by atoms with E-state index in [0.29, 0.717) is 28.3 Å². The van der Waals surface area contributed by atoms with E-state index in [1.165, 1.54) is 11.8 Å². The summed E-state index contributed by atoms with van der Waals surface area (Å²) < 4.78 is 7.43. The molecule has 4 rings (SSSR count). The second kappa shape index (κ2) is 8.04. The Hall–Kier alpha value is -2.84. The first-order chi connectivity index (χ1) is 13.6. The minimum Gasteiger partial charge on any atom is -0.459 e. The molecule has 0 N–H and O–H groups in total. The van der Waals surface area contributed by atoms with Crippen LogP contribution in [-0.4, -0.2) is 43.2 Å². The van der Waals surface area contributed by atoms with Gasteiger partial charge in [-0.25, -0.2) is 9.50 Å². The van der Waals surface area contributed by atoms with Crippen LogP contribution in [0.4, 0.5) is 0 Å². The predicted molar refractivity (Wildman–Crippen MR) is 107 cm³/mol. The van der Waals surface area contributed by atoms with Crippen LogP contribution in [0.15, 0.2) is 64.4 Å². The quantitative estimate of drug-likeness (QED) is 0.447. The number of carbonyl (C=O) groups excluding carboxylic acids is 1. The fraction of sp³-hybridized carbons (Fsp3) is 0.158. The average molecular weight is 414 g/mol. The number of halogens is 1. The Labute approximate surface area is 170 Å². The van der Waals surface area contributed by atoms with E-state index in [9.17, 15) is 4.79 Å². The zero-order valence-electron chi connectivity index (χ0n) is 14.9. The van der Waals surface area contributed by atoms with Crippen molar-refractivity contribution >= 4 is 35.0 Å². The predicted octanol–water partition coefficient (Wildman–Crippen LogP) is 3.79. The number of rotatable bonds is 6. The summed E-state index contributed by atoms with van der Waals surface area (Å²) >= 11 is 7.19. The lowest BCUT2D eigenvalue weighted by molar-refractivity contribution is -0.127. The second-order valence-electron chi connectivity index (χ2n) is 6.07. The van der Waals surface area contributed by atoms with E-state index in [-0.39, 0.29) is 11.7 Å². The van der Waals surface area contributed by atoms with E-state index < -0.39 is 0 Å². The number of carbonyl (C=O) groups is 1. The van der Waals surface area contributed by atoms with Gasteiger partial charge in [0.1, 0.15) is 11.5 Å². The van der Waals surface area contributed by atoms with Gasteiger partial charge in [-0.05, 0) is 42.5 Å². The number of amides is 1. The first-order valence-electron chi connectivity index (χ1n) is 8.47. The van der Waals surface area contributed by atoms with Gasteiger partial charge in [-0.1, -0.05) is 23.4 Å². The van der Waals surface area contributed by atoms with Crippen molar-refractivity contribution < 1.29 is 9.21 Å². The average Bonchev–Trinajstić information content (AvgIpc) is 3.33. The van der Waals surface area contributed by atoms with Crippen LogP contribution < -0.4 is 0 Å². The zero-order chi connectivity index (χ0) is 19.5. The van der Waals surface area contributed by atoms with Gasteiger partial charge in [0, 0.05) is 30.0 Å². The van der Waals surface area contributed by atoms with Crippen LogP contribution >= 0.6 is 23.4 Å². The second-order valence-corrected chi connectivity index (χ2v) is 7.45. The van der Waals surface area contributed by atoms with E-state index >= 15 is 0 Å². The molecule has 28 heavy (non-hydrogen) atoms. The lowest BCUT2D eigenvalue weighted by Crippen LogP contribution is -2.27. The first-order valence-corrected chi connectivity index (χ1v) is 9.84. The van der Waals surface area contributed by atoms with Crippen molar-refractivity contribution in [2.45, 2.75) is 11.7 Å². The van der Waals surface area contributed by atoms with Gasteiger partial charge in [-0.2, -0.15) is 4.98 Å². The third-order valence-electron chi connectivity index (χ3n) is 4.03. The smallest absolute Gasteiger partial charge is 0.253 e. The highest BCUT2D eigenvalue weighted by Gasteiger charge is 2.14. The van der Waals surface area contributed by atoms with E-state index in [2.05, 4.69) is 15.1 Å². The Balaban J connectivity index is 1.34. The number of nitrogens with zero attached hydrogens (tertiary/aromatic N) is 5. The van der Waals surface area contributed by atoms with Gasteiger partial charge in [0.05, 0.1) is 12.3 Å². The Morgan fingerprint density at radius 1 is 1.25 bits per heavy atom. The number of benzene rings is 1. The minimum absolute atomic E-state index is 0.0405. The van der Waals surface area contributed by atoms with Crippen LogP contribution in [0.5, 0.6) is 0 Å². The van der Waals surface area contributed by atoms with Crippen molar-refractivity contribution in [2.75, 3.05) is 12.8 Å². The molecule has 0 aliphatic heterocycles. The SMILES string of the molecule is CN(Cc1ccc(-c2ccc(Cl)cc2)o1)C(=O)CSc1nc2ncccn2n1. The van der Waals surface area contributed by atoms with Gasteiger partial charge in [-0.15, -0.1) is 5.10 Å². The number of thioether (sulfide) groups is 1. The van der Waals surface area contributed by atoms with E-state index in [1.54, 1.807) is 34.9 Å². The highest BCUT2D eigenvalue weighted by atomic mass is 35.5. The summed E-state index contributed by atoms with van der Waals surface area (Å²) in [5.41, 5.74) is 0.937. The summed E-state index contributed by atoms with van der Waals surface area (Å²) in [6.07, 6.45) is 3.42. The molecule has 3 heterocycles. The van der Waals surface area contributed by atoms with Crippen molar-refractivity contribution in [3.63, 3.8) is 0 Å². The molecular formula is C19H16ClN5O2S. The number of hydrogen-bond donors (Lipinski definition) is 0. The molecule has 0 atom stereocenters. The molecule has 3 aromatic heterocycles. The van der Waals surface area contributed by atoms with Crippen molar-refractivity contribution in [1.82, 2.24) is 24.5 Å². The third kappa shape index (κ3) is 4.18. The lowest BCUT2D eigenvalue weighted by Gasteiger charge is -2.14. The molecule has 0 aliphatic rings. The Morgan fingerprint density at radius 3 is 2.86 bits per heavy atom. The van der Waals surface area contributed by atoms with Crippen molar-refractivity contribution in [3.8, 4) is 11.3 Å². The summed E-state index contributed by atoms with van der Waals surface area (Å²) in [4.78, 5) is 22.4. The molecular weight excluding hydrogens is 398 g/mol. The Morgan fingerprint density at radius 2 is 2.07 bits per heavy atom. The molecule has 0 radical (unpaired) electrons. The van der Waals surface area contributed by atoms with Crippen LogP contribution in [0, 0.1) is 0 Å². The normalized spacial score (nSPS) is 11.1. The zero-order valence-corrected chi connectivity index (χ0v) is 16.5. The summed E-state index contributed by atoms with van der Waals surface area (Å²) in [6.45, 7) is 0.382. The van der Waals surface area contributed by atoms with E-state index in [4.69, 9.17) is 16.0 Å². The molecule has 1 aromatic carbocycles. The maximum absolute atomic E-state index is 12.4. The molecule has 0 saturated carbocycles. The van der Waals surface area contributed by atoms with Crippen molar-refractivity contribution in [3.05, 3.63) is 65.6 Å². The van der Waals surface area contributed by atoms with Crippen LogP contribution in [0.1, 0.15) is 5.76 Å². The summed E-state index contributed by atoms with van der Waals surface area (Å²) in [5, 5.41) is 5.47. The van der Waals surface area contributed by atoms with Gasteiger partial charge >= 0.3 is 0 Å². The molecule has 0 aliphatic carbocycles. The molecule has 0 fully saturated rings. The summed E-state index contributed by atoms with van der Waals surface area (Å²) in [6, 6.07) is 13.0. The molecule has 0 spiro atoms. The van der Waals surface area contributed by atoms with Crippen molar-refractivity contribution in [2.24, 2.45) is 0 Å². The number of furan rings is 1. The molecule has 9 heteroatoms. The molecule has 0 unspecified atom stereocenters. The van der Waals surface area contributed by atoms with E-state index in [0.717, 1.165) is 11.3 Å². The largest absolute Gasteiger partial charge is 0.459 e. The molecule has 1 amide bonds. The maximum atomic E-state index is 12.4. The lowest BCUT2D eigenvalue weighted by atomic mass is 10.2. The molecule has 0 bridgehead atoms. The Kier molecular flexibility index (Phi) is 5.31. The number of fused-ring (bicyclic) bond motifs is 1. The molecule has 0 saturated heterocycles. The van der Waals surface area contributed by atoms with Gasteiger partial charge in [0.25, 0.3) is 5.78 Å². The van der Waals surface area contributed by atoms with Crippen LogP contribution in [0.25, 0.3) is 17.1 Å².